The second-order valence-electron chi connectivity index (χ2n) is 7.28. The summed E-state index contributed by atoms with van der Waals surface area (Å²) in [6.45, 7) is 13.8. The van der Waals surface area contributed by atoms with E-state index in [0.717, 1.165) is 11.8 Å². The summed E-state index contributed by atoms with van der Waals surface area (Å²) in [5, 5.41) is 6.85. The van der Waals surface area contributed by atoms with Crippen molar-refractivity contribution >= 4 is 50.9 Å². The quantitative estimate of drug-likeness (QED) is 0.255. The molecule has 0 aliphatic rings. The van der Waals surface area contributed by atoms with Gasteiger partial charge in [0.05, 0.1) is 5.91 Å². The van der Waals surface area contributed by atoms with Crippen LogP contribution in [0.4, 0.5) is 0 Å². The van der Waals surface area contributed by atoms with Crippen LogP contribution in [0.15, 0.2) is 0 Å². The molecular weight excluding hydrogens is 445 g/mol. The van der Waals surface area contributed by atoms with Crippen LogP contribution in [0.2, 0.25) is 10.5 Å². The third-order valence-corrected chi connectivity index (χ3v) is 6.08. The fourth-order valence-corrected chi connectivity index (χ4v) is 5.68. The van der Waals surface area contributed by atoms with Crippen molar-refractivity contribution in [3.63, 3.8) is 0 Å². The van der Waals surface area contributed by atoms with Gasteiger partial charge in [-0.05, 0) is 12.3 Å². The van der Waals surface area contributed by atoms with Gasteiger partial charge in [0.2, 0.25) is 0 Å². The van der Waals surface area contributed by atoms with Gasteiger partial charge in [0, 0.05) is 6.04 Å². The molecule has 2 radical (unpaired) electrons. The van der Waals surface area contributed by atoms with E-state index in [1.54, 1.807) is 10.5 Å². The Hall–Kier alpha value is 0.803. The van der Waals surface area contributed by atoms with E-state index in [0.29, 0.717) is 40.1 Å². The Morgan fingerprint density at radius 1 is 1.00 bits per heavy atom. The maximum absolute atomic E-state index is 11.1. The number of nitrogens with zero attached hydrogens (tertiary/aromatic N) is 1. The van der Waals surface area contributed by atoms with Crippen molar-refractivity contribution in [2.24, 2.45) is 23.5 Å². The van der Waals surface area contributed by atoms with Gasteiger partial charge in [0.1, 0.15) is 0 Å². The van der Waals surface area contributed by atoms with E-state index in [1.807, 2.05) is 13.8 Å². The van der Waals surface area contributed by atoms with Crippen LogP contribution in [0.1, 0.15) is 60.8 Å². The molecule has 0 aliphatic heterocycles. The molecule has 3 nitrogen and oxygen atoms in total. The molecule has 0 aromatic carbocycles. The summed E-state index contributed by atoms with van der Waals surface area (Å²) in [4.78, 5) is 11.1. The van der Waals surface area contributed by atoms with E-state index in [-0.39, 0.29) is 22.9 Å². The molecule has 0 aromatic rings. The first kappa shape index (κ1) is 29.6. The van der Waals surface area contributed by atoms with Crippen LogP contribution >= 0.6 is 17.0 Å². The number of halogens is 1. The molecule has 1 amide bonds. The van der Waals surface area contributed by atoms with Crippen molar-refractivity contribution in [3.05, 3.63) is 5.32 Å². The maximum atomic E-state index is 11.1. The van der Waals surface area contributed by atoms with Crippen LogP contribution in [0, 0.1) is 17.8 Å². The fraction of sp³-hybridized carbons (Fsp3) is 0.944. The van der Waals surface area contributed by atoms with Crippen LogP contribution in [0.3, 0.4) is 0 Å². The average molecular weight is 484 g/mol. The van der Waals surface area contributed by atoms with Crippen molar-refractivity contribution < 1.29 is 4.79 Å². The number of hydrogen-bond donors (Lipinski definition) is 1. The number of amides is 1. The molecular formula is C18H39BrGeN2OS-2. The van der Waals surface area contributed by atoms with Gasteiger partial charge < -0.3 is 28.5 Å². The van der Waals surface area contributed by atoms with Crippen molar-refractivity contribution in [3.8, 4) is 0 Å². The van der Waals surface area contributed by atoms with E-state index in [4.69, 9.17) is 5.73 Å². The second kappa shape index (κ2) is 20.1. The Morgan fingerprint density at radius 2 is 1.46 bits per heavy atom. The van der Waals surface area contributed by atoms with Gasteiger partial charge in [0.25, 0.3) is 0 Å². The zero-order chi connectivity index (χ0) is 18.3. The number of rotatable bonds is 11. The first-order valence-corrected chi connectivity index (χ1v) is 12.5. The summed E-state index contributed by atoms with van der Waals surface area (Å²) in [7, 11) is 0. The van der Waals surface area contributed by atoms with E-state index >= 15 is 0 Å². The van der Waals surface area contributed by atoms with Gasteiger partial charge in [-0.1, -0.05) is 13.8 Å². The van der Waals surface area contributed by atoms with Crippen LogP contribution in [-0.2, 0) is 17.4 Å². The molecule has 0 rings (SSSR count). The molecule has 6 heteroatoms. The minimum absolute atomic E-state index is 0. The standard InChI is InChI=1S/C10H22Ge.C8H18N2OS.BrH/c1-9(2)5-7-11-8-6-10(3)4;1-6(2)5-7(9)8(11)10-3-4-12;/h9-10H,5-8H2,1-4H3;6-7H,3-5,9H2,1-2H3,(H2,10,11,12);1H/p-2. The van der Waals surface area contributed by atoms with Crippen molar-refractivity contribution in [2.75, 3.05) is 12.3 Å². The molecule has 2 N–H and O–H groups in total. The van der Waals surface area contributed by atoms with Crippen molar-refractivity contribution in [1.82, 2.24) is 0 Å². The molecule has 0 spiro atoms. The molecule has 24 heavy (non-hydrogen) atoms. The van der Waals surface area contributed by atoms with E-state index in [1.165, 1.54) is 12.8 Å². The van der Waals surface area contributed by atoms with E-state index < -0.39 is 6.04 Å². The summed E-state index contributed by atoms with van der Waals surface area (Å²) < 4.78 is 0. The molecule has 0 fully saturated rings. The SMILES string of the molecule is Br.CC(C)CC(N)C(=O)[N-]CC[S-].CC(C)C[CH2][Ge][CH2]CC(C)C. The van der Waals surface area contributed by atoms with E-state index in [2.05, 4.69) is 45.6 Å². The van der Waals surface area contributed by atoms with E-state index in [9.17, 15) is 4.79 Å². The molecule has 1 atom stereocenters. The van der Waals surface area contributed by atoms with Gasteiger partial charge >= 0.3 is 78.3 Å². The topological polar surface area (TPSA) is 57.2 Å². The molecule has 0 saturated heterocycles. The van der Waals surface area contributed by atoms with Crippen molar-refractivity contribution in [2.45, 2.75) is 77.4 Å². The fourth-order valence-electron chi connectivity index (χ4n) is 1.79. The normalized spacial score (nSPS) is 11.8. The molecule has 0 saturated carbocycles. The summed E-state index contributed by atoms with van der Waals surface area (Å²) in [6.07, 6.45) is 3.63. The third kappa shape index (κ3) is 25.0. The van der Waals surface area contributed by atoms with Gasteiger partial charge in [-0.2, -0.15) is 12.3 Å². The number of hydrogen-bond acceptors (Lipinski definition) is 3. The summed E-state index contributed by atoms with van der Waals surface area (Å²) >= 11 is 5.10. The molecule has 0 aromatic heterocycles. The van der Waals surface area contributed by atoms with Gasteiger partial charge in [0.15, 0.2) is 0 Å². The molecule has 146 valence electrons. The first-order valence-electron chi connectivity index (χ1n) is 8.96. The zero-order valence-corrected chi connectivity index (χ0v) is 21.1. The Morgan fingerprint density at radius 3 is 1.79 bits per heavy atom. The summed E-state index contributed by atoms with van der Waals surface area (Å²) in [5.74, 6) is 2.56. The van der Waals surface area contributed by atoms with Crippen molar-refractivity contribution in [1.29, 1.82) is 0 Å². The zero-order valence-electron chi connectivity index (χ0n) is 16.5. The van der Waals surface area contributed by atoms with Crippen LogP contribution < -0.4 is 5.73 Å². The molecule has 0 bridgehead atoms. The molecule has 0 aliphatic carbocycles. The van der Waals surface area contributed by atoms with Crippen LogP contribution in [0.25, 0.3) is 5.32 Å². The predicted octanol–water partition coefficient (Wildman–Crippen LogP) is 5.00. The Kier molecular flexibility index (Phi) is 24.8. The summed E-state index contributed by atoms with van der Waals surface area (Å²) in [5.41, 5.74) is 5.58. The summed E-state index contributed by atoms with van der Waals surface area (Å²) in [6, 6.07) is -0.438. The Labute approximate surface area is 173 Å². The molecule has 1 unspecified atom stereocenters. The van der Waals surface area contributed by atoms with Crippen LogP contribution in [0.5, 0.6) is 0 Å². The molecule has 0 heterocycles. The van der Waals surface area contributed by atoms with Gasteiger partial charge in [-0.25, -0.2) is 0 Å². The number of carbonyl (C=O) groups excluding carboxylic acids is 1. The minimum atomic E-state index is -0.438. The average Bonchev–Trinajstić information content (AvgIpc) is 2.43. The third-order valence-electron chi connectivity index (χ3n) is 3.20. The Balaban J connectivity index is -0.000000354. The monoisotopic (exact) mass is 484 g/mol. The Bertz CT molecular complexity index is 270. The second-order valence-corrected chi connectivity index (χ2v) is 10.8. The predicted molar refractivity (Wildman–Crippen MR) is 117 cm³/mol. The van der Waals surface area contributed by atoms with Gasteiger partial charge in [-0.15, -0.1) is 17.0 Å². The number of carbonyl (C=O) groups is 1. The first-order chi connectivity index (χ1) is 10.7. The van der Waals surface area contributed by atoms with Crippen LogP contribution in [-0.4, -0.2) is 39.7 Å². The van der Waals surface area contributed by atoms with Gasteiger partial charge in [-0.3, -0.25) is 0 Å². The number of nitrogens with two attached hydrogens (primary N) is 1.